The topological polar surface area (TPSA) is 99.5 Å². The summed E-state index contributed by atoms with van der Waals surface area (Å²) in [7, 11) is 1.37. The van der Waals surface area contributed by atoms with Crippen molar-refractivity contribution in [2.75, 3.05) is 19.0 Å². The summed E-state index contributed by atoms with van der Waals surface area (Å²) in [5, 5.41) is 7.73. The van der Waals surface area contributed by atoms with Crippen LogP contribution in [-0.4, -0.2) is 41.3 Å². The molecule has 0 aliphatic heterocycles. The Hall–Kier alpha value is -3.65. The molecule has 0 bridgehead atoms. The van der Waals surface area contributed by atoms with Crippen LogP contribution in [0, 0.1) is 20.8 Å². The van der Waals surface area contributed by atoms with Crippen LogP contribution in [0.1, 0.15) is 39.3 Å². The van der Waals surface area contributed by atoms with Crippen molar-refractivity contribution >= 4 is 35.1 Å². The van der Waals surface area contributed by atoms with E-state index in [2.05, 4.69) is 10.4 Å². The summed E-state index contributed by atoms with van der Waals surface area (Å²) in [4.78, 5) is 35.9. The molecule has 2 aromatic carbocycles. The highest BCUT2D eigenvalue weighted by Crippen LogP contribution is 2.21. The molecule has 0 saturated heterocycles. The number of nitrogens with one attached hydrogen (secondary N) is 1. The van der Waals surface area contributed by atoms with E-state index in [-0.39, 0.29) is 12.4 Å². The first-order valence-electron chi connectivity index (χ1n) is 10.6. The number of halogens is 1. The molecular weight excluding hydrogens is 458 g/mol. The lowest BCUT2D eigenvalue weighted by Crippen LogP contribution is -2.21. The van der Waals surface area contributed by atoms with Crippen molar-refractivity contribution < 1.29 is 23.9 Å². The normalized spacial score (nSPS) is 10.6. The second kappa shape index (κ2) is 11.0. The van der Waals surface area contributed by atoms with Gasteiger partial charge in [0.05, 0.1) is 24.1 Å². The minimum absolute atomic E-state index is 0.272. The molecule has 8 nitrogen and oxygen atoms in total. The first-order chi connectivity index (χ1) is 16.2. The molecule has 1 heterocycles. The summed E-state index contributed by atoms with van der Waals surface area (Å²) in [6, 6.07) is 11.9. The Morgan fingerprint density at radius 2 is 1.76 bits per heavy atom. The van der Waals surface area contributed by atoms with Crippen LogP contribution < -0.4 is 5.32 Å². The number of methoxy groups -OCH3 is 1. The van der Waals surface area contributed by atoms with Gasteiger partial charge in [0.2, 0.25) is 0 Å². The second-order valence-electron chi connectivity index (χ2n) is 7.77. The molecule has 3 rings (SSSR count). The molecule has 0 saturated carbocycles. The van der Waals surface area contributed by atoms with E-state index in [4.69, 9.17) is 21.1 Å². The van der Waals surface area contributed by atoms with Crippen LogP contribution in [0.3, 0.4) is 0 Å². The second-order valence-corrected chi connectivity index (χ2v) is 8.18. The number of anilines is 1. The predicted molar refractivity (Wildman–Crippen MR) is 128 cm³/mol. The summed E-state index contributed by atoms with van der Waals surface area (Å²) in [6.07, 6.45) is 0.810. The fourth-order valence-electron chi connectivity index (χ4n) is 3.44. The van der Waals surface area contributed by atoms with Gasteiger partial charge in [-0.25, -0.2) is 9.48 Å². The standard InChI is InChI=1S/C25H26ClN3O5/c1-15-5-8-19(13-22(15)26)27-23(30)14-34-25(32)18-6-9-20(10-7-18)29-17(3)21(16(2)28-29)11-12-24(31)33-4/h5-10,13H,11-12,14H2,1-4H3,(H,27,30). The third-order valence-electron chi connectivity index (χ3n) is 5.39. The third-order valence-corrected chi connectivity index (χ3v) is 5.79. The SMILES string of the molecule is COC(=O)CCc1c(C)nn(-c2ccc(C(=O)OCC(=O)Nc3ccc(C)c(Cl)c3)cc2)c1C. The molecule has 9 heteroatoms. The Bertz CT molecular complexity index is 1220. The van der Waals surface area contributed by atoms with Gasteiger partial charge >= 0.3 is 11.9 Å². The van der Waals surface area contributed by atoms with Gasteiger partial charge in [-0.2, -0.15) is 5.10 Å². The molecule has 0 atom stereocenters. The van der Waals surface area contributed by atoms with Crippen molar-refractivity contribution in [3.8, 4) is 5.69 Å². The number of amides is 1. The number of aromatic nitrogens is 2. The van der Waals surface area contributed by atoms with Crippen LogP contribution >= 0.6 is 11.6 Å². The first kappa shape index (κ1) is 25.0. The van der Waals surface area contributed by atoms with E-state index in [0.717, 1.165) is 28.2 Å². The predicted octanol–water partition coefficient (Wildman–Crippen LogP) is 4.35. The number of carbonyl (C=O) groups is 3. The summed E-state index contributed by atoms with van der Waals surface area (Å²) in [5.74, 6) is -1.35. The van der Waals surface area contributed by atoms with E-state index < -0.39 is 18.5 Å². The van der Waals surface area contributed by atoms with E-state index in [1.807, 2.05) is 20.8 Å². The molecule has 0 radical (unpaired) electrons. The van der Waals surface area contributed by atoms with Crippen LogP contribution in [0.2, 0.25) is 5.02 Å². The number of hydrogen-bond donors (Lipinski definition) is 1. The number of carbonyl (C=O) groups excluding carboxylic acids is 3. The number of aryl methyl sites for hydroxylation is 2. The summed E-state index contributed by atoms with van der Waals surface area (Å²) in [5.41, 5.74) is 5.20. The summed E-state index contributed by atoms with van der Waals surface area (Å²) in [6.45, 7) is 5.25. The summed E-state index contributed by atoms with van der Waals surface area (Å²) >= 11 is 6.05. The minimum atomic E-state index is -0.615. The number of rotatable bonds is 8. The van der Waals surface area contributed by atoms with Crippen LogP contribution in [0.25, 0.3) is 5.69 Å². The molecule has 34 heavy (non-hydrogen) atoms. The van der Waals surface area contributed by atoms with Gasteiger partial charge in [-0.05, 0) is 74.7 Å². The van der Waals surface area contributed by atoms with E-state index in [1.54, 1.807) is 47.1 Å². The maximum absolute atomic E-state index is 12.4. The van der Waals surface area contributed by atoms with E-state index in [1.165, 1.54) is 7.11 Å². The van der Waals surface area contributed by atoms with E-state index in [9.17, 15) is 14.4 Å². The number of nitrogens with zero attached hydrogens (tertiary/aromatic N) is 2. The largest absolute Gasteiger partial charge is 0.469 e. The van der Waals surface area contributed by atoms with Crippen LogP contribution in [0.5, 0.6) is 0 Å². The monoisotopic (exact) mass is 483 g/mol. The quantitative estimate of drug-likeness (QED) is 0.478. The molecule has 1 N–H and O–H groups in total. The Labute approximate surface area is 202 Å². The van der Waals surface area contributed by atoms with Crippen LogP contribution in [-0.2, 0) is 25.5 Å². The zero-order valence-corrected chi connectivity index (χ0v) is 20.2. The van der Waals surface area contributed by atoms with Gasteiger partial charge < -0.3 is 14.8 Å². The van der Waals surface area contributed by atoms with Gasteiger partial charge in [-0.15, -0.1) is 0 Å². The Balaban J connectivity index is 1.60. The molecule has 3 aromatic rings. The molecule has 1 aromatic heterocycles. The van der Waals surface area contributed by atoms with Crippen LogP contribution in [0.4, 0.5) is 5.69 Å². The lowest BCUT2D eigenvalue weighted by Gasteiger charge is -2.09. The van der Waals surface area contributed by atoms with Gasteiger partial charge in [0, 0.05) is 22.8 Å². The number of esters is 2. The van der Waals surface area contributed by atoms with Crippen molar-refractivity contribution in [2.24, 2.45) is 0 Å². The number of ether oxygens (including phenoxy) is 2. The maximum Gasteiger partial charge on any atom is 0.338 e. The lowest BCUT2D eigenvalue weighted by atomic mass is 10.1. The molecule has 178 valence electrons. The molecule has 0 unspecified atom stereocenters. The molecule has 0 fully saturated rings. The van der Waals surface area contributed by atoms with Gasteiger partial charge in [0.25, 0.3) is 5.91 Å². The van der Waals surface area contributed by atoms with E-state index >= 15 is 0 Å². The molecule has 0 aliphatic carbocycles. The first-order valence-corrected chi connectivity index (χ1v) is 11.0. The number of benzene rings is 2. The Kier molecular flexibility index (Phi) is 8.07. The molecular formula is C25H26ClN3O5. The van der Waals surface area contributed by atoms with E-state index in [0.29, 0.717) is 22.7 Å². The van der Waals surface area contributed by atoms with Gasteiger partial charge in [0.1, 0.15) is 0 Å². The van der Waals surface area contributed by atoms with Crippen LogP contribution in [0.15, 0.2) is 42.5 Å². The average Bonchev–Trinajstić information content (AvgIpc) is 3.11. The average molecular weight is 484 g/mol. The van der Waals surface area contributed by atoms with Crippen molar-refractivity contribution in [1.82, 2.24) is 9.78 Å². The zero-order chi connectivity index (χ0) is 24.8. The van der Waals surface area contributed by atoms with Crippen molar-refractivity contribution in [2.45, 2.75) is 33.6 Å². The highest BCUT2D eigenvalue weighted by molar-refractivity contribution is 6.31. The van der Waals surface area contributed by atoms with Gasteiger partial charge in [0.15, 0.2) is 6.61 Å². The summed E-state index contributed by atoms with van der Waals surface area (Å²) < 4.78 is 11.6. The third kappa shape index (κ3) is 6.02. The Morgan fingerprint density at radius 3 is 2.41 bits per heavy atom. The molecule has 0 spiro atoms. The van der Waals surface area contributed by atoms with Crippen molar-refractivity contribution in [1.29, 1.82) is 0 Å². The zero-order valence-electron chi connectivity index (χ0n) is 19.5. The highest BCUT2D eigenvalue weighted by atomic mass is 35.5. The lowest BCUT2D eigenvalue weighted by molar-refractivity contribution is -0.140. The number of hydrogen-bond acceptors (Lipinski definition) is 6. The molecule has 1 amide bonds. The fraction of sp³-hybridized carbons (Fsp3) is 0.280. The highest BCUT2D eigenvalue weighted by Gasteiger charge is 2.16. The van der Waals surface area contributed by atoms with Crippen molar-refractivity contribution in [3.05, 3.63) is 75.6 Å². The van der Waals surface area contributed by atoms with Gasteiger partial charge in [-0.3, -0.25) is 9.59 Å². The Morgan fingerprint density at radius 1 is 1.06 bits per heavy atom. The van der Waals surface area contributed by atoms with Gasteiger partial charge in [-0.1, -0.05) is 17.7 Å². The minimum Gasteiger partial charge on any atom is -0.469 e. The van der Waals surface area contributed by atoms with Crippen molar-refractivity contribution in [3.63, 3.8) is 0 Å². The fourth-order valence-corrected chi connectivity index (χ4v) is 3.62. The molecule has 0 aliphatic rings. The smallest absolute Gasteiger partial charge is 0.338 e. The maximum atomic E-state index is 12.4.